The van der Waals surface area contributed by atoms with Gasteiger partial charge in [-0.05, 0) is 31.5 Å². The summed E-state index contributed by atoms with van der Waals surface area (Å²) >= 11 is 12.3. The van der Waals surface area contributed by atoms with Crippen LogP contribution in [0.25, 0.3) is 0 Å². The Morgan fingerprint density at radius 2 is 2.16 bits per heavy atom. The maximum absolute atomic E-state index is 6.32. The van der Waals surface area contributed by atoms with Gasteiger partial charge in [-0.3, -0.25) is 4.90 Å². The lowest BCUT2D eigenvalue weighted by Crippen LogP contribution is -2.55. The van der Waals surface area contributed by atoms with Gasteiger partial charge in [0.2, 0.25) is 0 Å². The van der Waals surface area contributed by atoms with Crippen molar-refractivity contribution < 1.29 is 4.74 Å². The van der Waals surface area contributed by atoms with Crippen molar-refractivity contribution in [2.45, 2.75) is 25.4 Å². The Morgan fingerprint density at radius 3 is 2.74 bits per heavy atom. The first-order valence-electron chi connectivity index (χ1n) is 6.45. The molecule has 0 aliphatic carbocycles. The first-order chi connectivity index (χ1) is 8.95. The Bertz CT molecular complexity index is 451. The molecule has 1 saturated heterocycles. The van der Waals surface area contributed by atoms with Crippen LogP contribution in [0.4, 0.5) is 0 Å². The smallest absolute Gasteiger partial charge is 0.0645 e. The summed E-state index contributed by atoms with van der Waals surface area (Å²) in [4.78, 5) is 2.37. The van der Waals surface area contributed by atoms with E-state index >= 15 is 0 Å². The van der Waals surface area contributed by atoms with Crippen molar-refractivity contribution in [2.75, 3.05) is 26.3 Å². The minimum Gasteiger partial charge on any atom is -0.378 e. The number of ether oxygens (including phenoxy) is 1. The second-order valence-corrected chi connectivity index (χ2v) is 6.32. The summed E-state index contributed by atoms with van der Waals surface area (Å²) in [7, 11) is 0. The summed E-state index contributed by atoms with van der Waals surface area (Å²) in [5, 5.41) is 1.32. The van der Waals surface area contributed by atoms with Crippen molar-refractivity contribution >= 4 is 23.2 Å². The number of halogens is 2. The van der Waals surface area contributed by atoms with Crippen LogP contribution in [-0.4, -0.2) is 36.7 Å². The van der Waals surface area contributed by atoms with E-state index in [2.05, 4.69) is 18.7 Å². The van der Waals surface area contributed by atoms with Crippen LogP contribution in [0.15, 0.2) is 18.2 Å². The molecule has 3 nitrogen and oxygen atoms in total. The molecule has 0 bridgehead atoms. The van der Waals surface area contributed by atoms with E-state index in [-0.39, 0.29) is 11.6 Å². The lowest BCUT2D eigenvalue weighted by Gasteiger charge is -2.46. The molecule has 5 heteroatoms. The highest BCUT2D eigenvalue weighted by atomic mass is 35.5. The zero-order valence-electron chi connectivity index (χ0n) is 11.3. The molecule has 1 aromatic carbocycles. The highest BCUT2D eigenvalue weighted by Crippen LogP contribution is 2.34. The molecule has 2 rings (SSSR count). The summed E-state index contributed by atoms with van der Waals surface area (Å²) in [5.41, 5.74) is 6.97. The van der Waals surface area contributed by atoms with Gasteiger partial charge in [-0.2, -0.15) is 0 Å². The number of hydrogen-bond acceptors (Lipinski definition) is 3. The molecule has 1 aromatic rings. The molecule has 2 N–H and O–H groups in total. The topological polar surface area (TPSA) is 38.5 Å². The number of benzene rings is 1. The van der Waals surface area contributed by atoms with Gasteiger partial charge in [0, 0.05) is 34.7 Å². The zero-order chi connectivity index (χ0) is 14.0. The molecule has 1 fully saturated rings. The molecule has 1 aliphatic heterocycles. The van der Waals surface area contributed by atoms with Crippen molar-refractivity contribution in [1.29, 1.82) is 0 Å². The van der Waals surface area contributed by atoms with Crippen molar-refractivity contribution in [1.82, 2.24) is 4.90 Å². The molecule has 0 saturated carbocycles. The molecular weight excluding hydrogens is 283 g/mol. The van der Waals surface area contributed by atoms with Gasteiger partial charge in [-0.25, -0.2) is 0 Å². The average Bonchev–Trinajstić information content (AvgIpc) is 2.34. The normalized spacial score (nSPS) is 21.3. The van der Waals surface area contributed by atoms with Gasteiger partial charge in [0.15, 0.2) is 0 Å². The number of nitrogens with zero attached hydrogens (tertiary/aromatic N) is 1. The van der Waals surface area contributed by atoms with Crippen LogP contribution in [0.2, 0.25) is 10.0 Å². The van der Waals surface area contributed by atoms with Crippen LogP contribution in [-0.2, 0) is 4.74 Å². The third kappa shape index (κ3) is 3.23. The zero-order valence-corrected chi connectivity index (χ0v) is 12.8. The Morgan fingerprint density at radius 1 is 1.42 bits per heavy atom. The average molecular weight is 303 g/mol. The van der Waals surface area contributed by atoms with E-state index in [1.54, 1.807) is 6.07 Å². The summed E-state index contributed by atoms with van der Waals surface area (Å²) in [6, 6.07) is 5.69. The van der Waals surface area contributed by atoms with Crippen LogP contribution in [0.3, 0.4) is 0 Å². The molecule has 1 atom stereocenters. The summed E-state index contributed by atoms with van der Waals surface area (Å²) in [6.07, 6.45) is 0. The summed E-state index contributed by atoms with van der Waals surface area (Å²) < 4.78 is 5.56. The molecule has 19 heavy (non-hydrogen) atoms. The van der Waals surface area contributed by atoms with Gasteiger partial charge in [-0.1, -0.05) is 29.3 Å². The maximum Gasteiger partial charge on any atom is 0.0645 e. The van der Waals surface area contributed by atoms with E-state index in [1.165, 1.54) is 0 Å². The predicted octanol–water partition coefficient (Wildman–Crippen LogP) is 3.10. The van der Waals surface area contributed by atoms with Crippen molar-refractivity contribution in [3.8, 4) is 0 Å². The number of rotatable bonds is 3. The minimum absolute atomic E-state index is 0.0503. The van der Waals surface area contributed by atoms with Crippen LogP contribution < -0.4 is 5.73 Å². The van der Waals surface area contributed by atoms with Gasteiger partial charge in [0.05, 0.1) is 13.2 Å². The largest absolute Gasteiger partial charge is 0.378 e. The fourth-order valence-corrected chi connectivity index (χ4v) is 3.18. The second kappa shape index (κ2) is 5.98. The molecular formula is C14H20Cl2N2O. The molecule has 1 heterocycles. The number of hydrogen-bond donors (Lipinski definition) is 1. The Kier molecular flexibility index (Phi) is 4.75. The maximum atomic E-state index is 6.32. The van der Waals surface area contributed by atoms with Crippen LogP contribution in [0, 0.1) is 0 Å². The minimum atomic E-state index is -0.0503. The van der Waals surface area contributed by atoms with Crippen molar-refractivity contribution in [3.63, 3.8) is 0 Å². The van der Waals surface area contributed by atoms with E-state index in [0.717, 1.165) is 18.7 Å². The number of nitrogens with two attached hydrogens (primary N) is 1. The lowest BCUT2D eigenvalue weighted by atomic mass is 9.95. The lowest BCUT2D eigenvalue weighted by molar-refractivity contribution is -0.0712. The molecule has 106 valence electrons. The molecule has 0 radical (unpaired) electrons. The van der Waals surface area contributed by atoms with Gasteiger partial charge >= 0.3 is 0 Å². The highest BCUT2D eigenvalue weighted by Gasteiger charge is 2.36. The molecule has 0 aromatic heterocycles. The quantitative estimate of drug-likeness (QED) is 0.932. The fraction of sp³-hybridized carbons (Fsp3) is 0.571. The molecule has 0 amide bonds. The third-order valence-electron chi connectivity index (χ3n) is 3.63. The SMILES string of the molecule is CC1(C)COCCN1C(CN)c1ccc(Cl)cc1Cl. The third-order valence-corrected chi connectivity index (χ3v) is 4.19. The Balaban J connectivity index is 2.33. The molecule has 1 unspecified atom stereocenters. The number of morpholine rings is 1. The van der Waals surface area contributed by atoms with Crippen molar-refractivity contribution in [3.05, 3.63) is 33.8 Å². The first kappa shape index (κ1) is 15.1. The molecule has 1 aliphatic rings. The van der Waals surface area contributed by atoms with Gasteiger partial charge in [-0.15, -0.1) is 0 Å². The first-order valence-corrected chi connectivity index (χ1v) is 7.21. The Hall–Kier alpha value is -0.320. The van der Waals surface area contributed by atoms with Gasteiger partial charge in [0.25, 0.3) is 0 Å². The van der Waals surface area contributed by atoms with Gasteiger partial charge < -0.3 is 10.5 Å². The summed E-state index contributed by atoms with van der Waals surface area (Å²) in [6.45, 7) is 7.13. The van der Waals surface area contributed by atoms with Crippen LogP contribution >= 0.6 is 23.2 Å². The monoisotopic (exact) mass is 302 g/mol. The summed E-state index contributed by atoms with van der Waals surface area (Å²) in [5.74, 6) is 0. The van der Waals surface area contributed by atoms with Crippen molar-refractivity contribution in [2.24, 2.45) is 5.73 Å². The van der Waals surface area contributed by atoms with E-state index in [9.17, 15) is 0 Å². The standard InChI is InChI=1S/C14H20Cl2N2O/c1-14(2)9-19-6-5-18(14)13(8-17)11-4-3-10(15)7-12(11)16/h3-4,7,13H,5-6,8-9,17H2,1-2H3. The van der Waals surface area contributed by atoms with E-state index in [0.29, 0.717) is 23.2 Å². The fourth-order valence-electron chi connectivity index (χ4n) is 2.64. The predicted molar refractivity (Wildman–Crippen MR) is 79.9 cm³/mol. The van der Waals surface area contributed by atoms with E-state index < -0.39 is 0 Å². The molecule has 0 spiro atoms. The highest BCUT2D eigenvalue weighted by molar-refractivity contribution is 6.35. The van der Waals surface area contributed by atoms with E-state index in [1.807, 2.05) is 12.1 Å². The second-order valence-electron chi connectivity index (χ2n) is 5.48. The van der Waals surface area contributed by atoms with Crippen LogP contribution in [0.1, 0.15) is 25.5 Å². The van der Waals surface area contributed by atoms with Gasteiger partial charge in [0.1, 0.15) is 0 Å². The van der Waals surface area contributed by atoms with Crippen LogP contribution in [0.5, 0.6) is 0 Å². The Labute approximate surface area is 124 Å². The van der Waals surface area contributed by atoms with E-state index in [4.69, 9.17) is 33.7 Å².